The van der Waals surface area contributed by atoms with E-state index in [1.165, 1.54) is 41.0 Å². The molecule has 0 N–H and O–H groups in total. The Balaban J connectivity index is 1.18. The smallest absolute Gasteiger partial charge is 0.269 e. The molecule has 5 nitrogen and oxygen atoms in total. The Kier molecular flexibility index (Phi) is 6.14. The van der Waals surface area contributed by atoms with E-state index in [0.29, 0.717) is 11.3 Å². The van der Waals surface area contributed by atoms with E-state index >= 15 is 0 Å². The van der Waals surface area contributed by atoms with Crippen LogP contribution in [0.3, 0.4) is 0 Å². The van der Waals surface area contributed by atoms with E-state index in [1.807, 2.05) is 47.0 Å². The van der Waals surface area contributed by atoms with Gasteiger partial charge < -0.3 is 4.74 Å². The zero-order valence-electron chi connectivity index (χ0n) is 80.4. The van der Waals surface area contributed by atoms with Gasteiger partial charge in [-0.05, 0) is 175 Å². The summed E-state index contributed by atoms with van der Waals surface area (Å²) in [5.74, 6) is 0.919. The summed E-state index contributed by atoms with van der Waals surface area (Å²) in [6.45, 7) is -13.6. The molecule has 0 atom stereocenters. The fourth-order valence-electron chi connectivity index (χ4n) is 10.7. The zero-order chi connectivity index (χ0) is 87.6. The summed E-state index contributed by atoms with van der Waals surface area (Å²) in [5.41, 5.74) is -19.1. The molecule has 1 aliphatic carbocycles. The highest BCUT2D eigenvalue weighted by Gasteiger charge is 2.42. The number of imidazole rings is 1. The Morgan fingerprint density at radius 1 is 0.542 bits per heavy atom. The van der Waals surface area contributed by atoms with Crippen LogP contribution in [0.15, 0.2) is 242 Å². The van der Waals surface area contributed by atoms with Gasteiger partial charge in [-0.15, -0.1) is 0 Å². The Hall–Kier alpha value is -9.58. The van der Waals surface area contributed by atoms with Crippen LogP contribution in [-0.2, 0) is 16.2 Å². The van der Waals surface area contributed by atoms with Crippen LogP contribution in [0.4, 0.5) is 0 Å². The van der Waals surface area contributed by atoms with Gasteiger partial charge in [-0.25, -0.2) is 4.98 Å². The van der Waals surface area contributed by atoms with E-state index < -0.39 is 251 Å². The number of aromatic nitrogens is 4. The van der Waals surface area contributed by atoms with Crippen molar-refractivity contribution in [3.05, 3.63) is 271 Å². The lowest BCUT2D eigenvalue weighted by molar-refractivity contribution is -0.571. The van der Waals surface area contributed by atoms with Crippen molar-refractivity contribution in [3.8, 4) is 84.3 Å². The van der Waals surface area contributed by atoms with Crippen molar-refractivity contribution in [2.45, 2.75) is 77.7 Å². The van der Waals surface area contributed by atoms with Gasteiger partial charge in [0.25, 0.3) is 6.33 Å². The quantitative estimate of drug-likeness (QED) is 0.101. The van der Waals surface area contributed by atoms with Crippen molar-refractivity contribution >= 4 is 32.8 Å². The number of rotatable bonds is 10. The molecule has 0 aliphatic heterocycles. The molecule has 404 valence electrons. The number of benzene rings is 10. The summed E-state index contributed by atoms with van der Waals surface area (Å²) in [5, 5.41) is 1.68. The van der Waals surface area contributed by atoms with Gasteiger partial charge in [0, 0.05) is 43.6 Å². The minimum Gasteiger partial charge on any atom is -0.458 e. The number of nitrogens with zero attached hydrogens (tertiary/aromatic N) is 4. The molecule has 0 saturated carbocycles. The van der Waals surface area contributed by atoms with E-state index in [-0.39, 0.29) is 39.2 Å². The molecule has 0 radical (unpaired) electrons. The lowest BCUT2D eigenvalue weighted by Crippen LogP contribution is -2.31. The fraction of sp³-hybridized carbons (Fsp3) is 0.154. The van der Waals surface area contributed by atoms with Crippen LogP contribution in [0.1, 0.15) is 126 Å². The molecule has 0 fully saturated rings. The van der Waals surface area contributed by atoms with Crippen LogP contribution < -0.4 is 9.30 Å². The Morgan fingerprint density at radius 2 is 1.19 bits per heavy atom. The van der Waals surface area contributed by atoms with Gasteiger partial charge >= 0.3 is 0 Å². The molecule has 0 unspecified atom stereocenters. The molecule has 13 aromatic rings. The van der Waals surface area contributed by atoms with Crippen molar-refractivity contribution in [3.63, 3.8) is 0 Å². The van der Waals surface area contributed by atoms with Gasteiger partial charge in [0.2, 0.25) is 0 Å². The number of aryl methyl sites for hydroxylation is 1. The van der Waals surface area contributed by atoms with Crippen molar-refractivity contribution < 1.29 is 58.7 Å². The molecule has 10 aromatic carbocycles. The maximum absolute atomic E-state index is 10.6. The first kappa shape index (κ1) is 25.7. The predicted molar refractivity (Wildman–Crippen MR) is 344 cm³/mol. The Morgan fingerprint density at radius 3 is 1.89 bits per heavy atom. The van der Waals surface area contributed by atoms with Crippen molar-refractivity contribution in [2.75, 3.05) is 0 Å². The topological polar surface area (TPSA) is 35.9 Å². The SMILES string of the molecule is [2H]c1c([2H])c([2H])c(-c2ccc3c(c2)n(-c2cccc(Oc4ccc5c6ccccc6n(-c6cc(C(C)(C)C)ccn6)c5c4)c2)[c-][n+]3-c2c(-c3c([2H])c(-c4c([2H])c([2H])c([2H])c([2H])c4[2H])c([2H])c(-c4c([2H])c([2H])c([2H])c([2H])c4[2H])c3[2H])cc(C([2H])([2H])[2H])cc2-c2c([2H])c([2H])c3c(c2[2H])C(C([2H])([2H])[2H])(C([2H])([2H])[2H])CC3(C([2H])([2H])[2H])C([2H])([2H])[2H])c([2H])c1[2H]. The summed E-state index contributed by atoms with van der Waals surface area (Å²) in [7, 11) is 0. The normalized spacial score (nSPS) is 20.7. The summed E-state index contributed by atoms with van der Waals surface area (Å²) < 4.78 is 344. The largest absolute Gasteiger partial charge is 0.458 e. The molecule has 1 aliphatic rings. The highest BCUT2D eigenvalue weighted by atomic mass is 16.5. The molecule has 0 saturated heterocycles. The Labute approximate surface area is 538 Å². The predicted octanol–water partition coefficient (Wildman–Crippen LogP) is 19.9. The average molecular weight is 1110 g/mol. The number of fused-ring (bicyclic) bond motifs is 5. The number of para-hydroxylation sites is 1. The summed E-state index contributed by atoms with van der Waals surface area (Å²) in [6, 6.07) is 5.53. The standard InChI is InChI=1S/C78H66N4O/c1-51-39-66(56-31-35-68-69(44-56)78(7,8)49-77(68,5)6)75(67(40-51)59-42-57(53-23-14-10-15-24-53)41-58(43-59)54-25-16-11-17-26-54)81-50-80(73-45-55(32-36-71(73)81)52-21-12-9-13-22-52)61-27-20-28-62(47-61)83-63-33-34-65-64-29-18-19-30-70(64)82(72(65)48-63)74-46-60(37-38-79-74)76(2,3)4/h9-48H,49H2,1-8H3/i1D3,5D3,6D3,7D3,8D3,9D,10D,11D,12D,13D,14D,15D,16D,17D,21D,22D,23D,24D,25D,26D,31D,35D,41D,42D,43D,44D. The van der Waals surface area contributed by atoms with E-state index in [4.69, 9.17) is 38.5 Å². The minimum absolute atomic E-state index is 0.0251. The maximum atomic E-state index is 10.6. The van der Waals surface area contributed by atoms with Crippen molar-refractivity contribution in [1.82, 2.24) is 14.1 Å². The van der Waals surface area contributed by atoms with E-state index in [9.17, 15) is 20.6 Å². The highest BCUT2D eigenvalue weighted by Crippen LogP contribution is 2.51. The third-order valence-corrected chi connectivity index (χ3v) is 14.6. The molecule has 83 heavy (non-hydrogen) atoms. The van der Waals surface area contributed by atoms with Crippen LogP contribution in [0.2, 0.25) is 0 Å². The number of pyridine rings is 1. The molecule has 0 amide bonds. The van der Waals surface area contributed by atoms with Crippen LogP contribution in [0, 0.1) is 13.2 Å². The fourth-order valence-corrected chi connectivity index (χ4v) is 10.7. The van der Waals surface area contributed by atoms with Crippen molar-refractivity contribution in [2.24, 2.45) is 0 Å². The highest BCUT2D eigenvalue weighted by molar-refractivity contribution is 6.09. The van der Waals surface area contributed by atoms with Crippen LogP contribution in [0.25, 0.3) is 106 Å². The molecule has 3 heterocycles. The first-order valence-electron chi connectivity index (χ1n) is 44.1. The van der Waals surface area contributed by atoms with Crippen LogP contribution in [-0.4, -0.2) is 14.1 Å². The number of ether oxygens (including phenoxy) is 1. The second-order valence-corrected chi connectivity index (χ2v) is 21.2. The third-order valence-electron chi connectivity index (χ3n) is 14.6. The molecular weight excluding hydrogens is 1010 g/mol. The van der Waals surface area contributed by atoms with Gasteiger partial charge in [-0.1, -0.05) is 211 Å². The maximum Gasteiger partial charge on any atom is 0.269 e. The molecule has 14 rings (SSSR count). The van der Waals surface area contributed by atoms with E-state index in [0.717, 1.165) is 38.6 Å². The average Bonchev–Trinajstić information content (AvgIpc) is 1.49. The van der Waals surface area contributed by atoms with E-state index in [2.05, 4.69) is 27.1 Å². The summed E-state index contributed by atoms with van der Waals surface area (Å²) in [6.07, 6.45) is 2.98. The molecular formula is C78H66N4O. The van der Waals surface area contributed by atoms with E-state index in [1.54, 1.807) is 24.4 Å². The molecule has 5 heteroatoms. The lowest BCUT2D eigenvalue weighted by Gasteiger charge is -2.23. The van der Waals surface area contributed by atoms with Crippen molar-refractivity contribution in [1.29, 1.82) is 0 Å². The molecule has 0 spiro atoms. The Bertz CT molecular complexity index is 6340. The van der Waals surface area contributed by atoms with Gasteiger partial charge in [0.05, 0.1) is 62.2 Å². The number of hydrogen-bond acceptors (Lipinski definition) is 2. The number of hydrogen-bond donors (Lipinski definition) is 0. The van der Waals surface area contributed by atoms with Crippen LogP contribution >= 0.6 is 0 Å². The monoisotopic (exact) mass is 1110 g/mol. The first-order chi connectivity index (χ1) is 55.1. The molecule has 0 bridgehead atoms. The van der Waals surface area contributed by atoms with Crippen LogP contribution in [0.5, 0.6) is 11.5 Å². The summed E-state index contributed by atoms with van der Waals surface area (Å²) >= 11 is 0. The second kappa shape index (κ2) is 19.8. The first-order valence-corrected chi connectivity index (χ1v) is 26.1. The minimum atomic E-state index is -4.10. The van der Waals surface area contributed by atoms with Gasteiger partial charge in [-0.3, -0.25) is 13.7 Å². The summed E-state index contributed by atoms with van der Waals surface area (Å²) in [4.78, 5) is 4.80. The van der Waals surface area contributed by atoms with Gasteiger partial charge in [0.15, 0.2) is 0 Å². The van der Waals surface area contributed by atoms with Gasteiger partial charge in [-0.2, -0.15) is 0 Å². The zero-order valence-corrected chi connectivity index (χ0v) is 44.4. The third kappa shape index (κ3) is 9.31. The second-order valence-electron chi connectivity index (χ2n) is 21.2. The lowest BCUT2D eigenvalue weighted by atomic mass is 9.82. The molecule has 3 aromatic heterocycles. The van der Waals surface area contributed by atoms with Gasteiger partial charge in [0.1, 0.15) is 17.3 Å².